The van der Waals surface area contributed by atoms with Crippen LogP contribution in [0, 0.1) is 5.92 Å². The number of urea groups is 1. The van der Waals surface area contributed by atoms with Gasteiger partial charge in [0.1, 0.15) is 6.54 Å². The van der Waals surface area contributed by atoms with Crippen LogP contribution in [0.3, 0.4) is 0 Å². The van der Waals surface area contributed by atoms with Gasteiger partial charge in [0.15, 0.2) is 0 Å². The first-order valence-corrected chi connectivity index (χ1v) is 12.5. The molecule has 5 amide bonds. The van der Waals surface area contributed by atoms with E-state index in [0.29, 0.717) is 23.2 Å². The molecule has 1 heterocycles. The normalized spacial score (nSPS) is 18.4. The van der Waals surface area contributed by atoms with Gasteiger partial charge in [-0.05, 0) is 41.7 Å². The summed E-state index contributed by atoms with van der Waals surface area (Å²) in [5.74, 6) is -1.46. The molecular formula is C27H29F3N4O5. The molecule has 0 radical (unpaired) electrons. The summed E-state index contributed by atoms with van der Waals surface area (Å²) in [5.41, 5.74) is -0.853. The number of anilines is 1. The van der Waals surface area contributed by atoms with Crippen LogP contribution < -0.4 is 10.6 Å². The first-order chi connectivity index (χ1) is 18.4. The second-order valence-electron chi connectivity index (χ2n) is 9.99. The number of hydrogen-bond donors (Lipinski definition) is 2. The highest BCUT2D eigenvalue weighted by Crippen LogP contribution is 2.46. The van der Waals surface area contributed by atoms with Crippen molar-refractivity contribution in [2.75, 3.05) is 25.5 Å². The van der Waals surface area contributed by atoms with E-state index in [4.69, 9.17) is 4.74 Å². The zero-order valence-corrected chi connectivity index (χ0v) is 21.7. The second kappa shape index (κ2) is 10.6. The highest BCUT2D eigenvalue weighted by Gasteiger charge is 2.58. The fourth-order valence-corrected chi connectivity index (χ4v) is 5.00. The number of imide groups is 1. The highest BCUT2D eigenvalue weighted by molar-refractivity contribution is 6.06. The summed E-state index contributed by atoms with van der Waals surface area (Å²) in [6, 6.07) is 9.44. The molecule has 2 N–H and O–H groups in total. The number of fused-ring (bicyclic) bond motifs is 2. The summed E-state index contributed by atoms with van der Waals surface area (Å²) < 4.78 is 46.2. The van der Waals surface area contributed by atoms with E-state index in [2.05, 4.69) is 10.6 Å². The minimum atomic E-state index is -4.60. The minimum Gasteiger partial charge on any atom is -0.427 e. The molecule has 1 spiro atoms. The van der Waals surface area contributed by atoms with Gasteiger partial charge >= 0.3 is 18.3 Å². The smallest absolute Gasteiger partial charge is 0.418 e. The Labute approximate surface area is 223 Å². The fourth-order valence-electron chi connectivity index (χ4n) is 5.00. The van der Waals surface area contributed by atoms with Crippen molar-refractivity contribution in [3.05, 3.63) is 64.7 Å². The van der Waals surface area contributed by atoms with Crippen LogP contribution in [-0.4, -0.2) is 53.9 Å². The average molecular weight is 547 g/mol. The molecule has 1 atom stereocenters. The third-order valence-corrected chi connectivity index (χ3v) is 6.76. The minimum absolute atomic E-state index is 0.0844. The lowest BCUT2D eigenvalue weighted by atomic mass is 9.94. The molecule has 1 fully saturated rings. The third-order valence-electron chi connectivity index (χ3n) is 6.76. The van der Waals surface area contributed by atoms with Gasteiger partial charge in [-0.25, -0.2) is 14.5 Å². The Morgan fingerprint density at radius 1 is 1.15 bits per heavy atom. The average Bonchev–Trinajstić information content (AvgIpc) is 3.34. The number of alkyl halides is 3. The maximum absolute atomic E-state index is 13.5. The Morgan fingerprint density at radius 3 is 2.54 bits per heavy atom. The molecule has 208 valence electrons. The number of nitrogens with zero attached hydrogens (tertiary/aromatic N) is 2. The van der Waals surface area contributed by atoms with Crippen LogP contribution in [0.25, 0.3) is 0 Å². The number of amides is 5. The van der Waals surface area contributed by atoms with Crippen molar-refractivity contribution in [1.82, 2.24) is 15.1 Å². The van der Waals surface area contributed by atoms with Gasteiger partial charge in [-0.3, -0.25) is 9.59 Å². The highest BCUT2D eigenvalue weighted by atomic mass is 19.4. The van der Waals surface area contributed by atoms with Crippen molar-refractivity contribution < 1.29 is 37.1 Å². The molecule has 2 aromatic carbocycles. The SMILES string of the molecule is CNC(=O)Nc1ccc2c(c1)CC[C@@]21OC(=O)N(CC(=O)N(Cc2ccccc2C(F)(F)F)CC(C)C)C1=O. The zero-order chi connectivity index (χ0) is 28.5. The fraction of sp³-hybridized carbons (Fsp3) is 0.407. The molecular weight excluding hydrogens is 517 g/mol. The van der Waals surface area contributed by atoms with Crippen LogP contribution in [0.1, 0.15) is 42.5 Å². The second-order valence-corrected chi connectivity index (χ2v) is 9.99. The van der Waals surface area contributed by atoms with Gasteiger partial charge in [0.05, 0.1) is 5.56 Å². The lowest BCUT2D eigenvalue weighted by Gasteiger charge is -2.27. The summed E-state index contributed by atoms with van der Waals surface area (Å²) >= 11 is 0. The first kappa shape index (κ1) is 27.9. The molecule has 9 nitrogen and oxygen atoms in total. The predicted molar refractivity (Wildman–Crippen MR) is 134 cm³/mol. The van der Waals surface area contributed by atoms with Crippen molar-refractivity contribution in [2.24, 2.45) is 5.92 Å². The Morgan fingerprint density at radius 2 is 1.87 bits per heavy atom. The van der Waals surface area contributed by atoms with E-state index in [9.17, 15) is 32.3 Å². The maximum atomic E-state index is 13.5. The molecule has 39 heavy (non-hydrogen) atoms. The molecule has 2 aliphatic rings. The van der Waals surface area contributed by atoms with Crippen LogP contribution in [0.15, 0.2) is 42.5 Å². The summed E-state index contributed by atoms with van der Waals surface area (Å²) in [6.45, 7) is 2.74. The van der Waals surface area contributed by atoms with Gasteiger partial charge in [0.25, 0.3) is 5.91 Å². The molecule has 0 saturated carbocycles. The molecule has 0 bridgehead atoms. The van der Waals surface area contributed by atoms with Crippen molar-refractivity contribution in [3.8, 4) is 0 Å². The molecule has 4 rings (SSSR count). The molecule has 0 unspecified atom stereocenters. The number of carbonyl (C=O) groups excluding carboxylic acids is 4. The summed E-state index contributed by atoms with van der Waals surface area (Å²) in [7, 11) is 1.47. The number of halogens is 3. The zero-order valence-electron chi connectivity index (χ0n) is 21.7. The number of hydrogen-bond acceptors (Lipinski definition) is 5. The molecule has 1 aliphatic heterocycles. The quantitative estimate of drug-likeness (QED) is 0.540. The number of ether oxygens (including phenoxy) is 1. The summed E-state index contributed by atoms with van der Waals surface area (Å²) in [5, 5.41) is 5.08. The van der Waals surface area contributed by atoms with Gasteiger partial charge in [-0.1, -0.05) is 38.1 Å². The Bertz CT molecular complexity index is 1310. The molecule has 0 aromatic heterocycles. The Balaban J connectivity index is 1.55. The van der Waals surface area contributed by atoms with E-state index in [-0.39, 0.29) is 31.0 Å². The monoisotopic (exact) mass is 546 g/mol. The standard InChI is InChI=1S/C27H29F3N4O5/c1-16(2)13-33(14-18-6-4-5-7-21(18)27(28,29)30)22(35)15-34-23(36)26(39-25(34)38)11-10-17-12-19(8-9-20(17)26)32-24(37)31-3/h4-9,12,16H,10-11,13-15H2,1-3H3,(H2,31,32,37)/t26-/m1/s1. The van der Waals surface area contributed by atoms with Crippen molar-refractivity contribution in [3.63, 3.8) is 0 Å². The van der Waals surface area contributed by atoms with Gasteiger partial charge in [-0.15, -0.1) is 0 Å². The van der Waals surface area contributed by atoms with Crippen LogP contribution in [0.4, 0.5) is 28.4 Å². The van der Waals surface area contributed by atoms with Crippen LogP contribution >= 0.6 is 0 Å². The van der Waals surface area contributed by atoms with E-state index in [1.807, 2.05) is 13.8 Å². The molecule has 2 aromatic rings. The van der Waals surface area contributed by atoms with E-state index in [0.717, 1.165) is 11.0 Å². The Kier molecular flexibility index (Phi) is 7.58. The van der Waals surface area contributed by atoms with Crippen molar-refractivity contribution in [2.45, 2.75) is 45.0 Å². The van der Waals surface area contributed by atoms with E-state index in [1.165, 1.54) is 30.1 Å². The van der Waals surface area contributed by atoms with Crippen LogP contribution in [-0.2, 0) is 39.1 Å². The molecule has 1 saturated heterocycles. The van der Waals surface area contributed by atoms with Gasteiger partial charge in [-0.2, -0.15) is 13.2 Å². The topological polar surface area (TPSA) is 108 Å². The lowest BCUT2D eigenvalue weighted by molar-refractivity contribution is -0.143. The van der Waals surface area contributed by atoms with E-state index >= 15 is 0 Å². The number of benzene rings is 2. The van der Waals surface area contributed by atoms with Crippen LogP contribution in [0.5, 0.6) is 0 Å². The number of rotatable bonds is 7. The predicted octanol–water partition coefficient (Wildman–Crippen LogP) is 4.26. The van der Waals surface area contributed by atoms with Crippen LogP contribution in [0.2, 0.25) is 0 Å². The summed E-state index contributed by atoms with van der Waals surface area (Å²) in [6.07, 6.45) is -5.03. The van der Waals surface area contributed by atoms with Gasteiger partial charge in [0.2, 0.25) is 11.5 Å². The Hall–Kier alpha value is -4.09. The number of aryl methyl sites for hydroxylation is 1. The molecule has 12 heteroatoms. The van der Waals surface area contributed by atoms with E-state index < -0.39 is 47.8 Å². The molecule has 1 aliphatic carbocycles. The number of carbonyl (C=O) groups is 4. The van der Waals surface area contributed by atoms with Gasteiger partial charge in [0, 0.05) is 37.8 Å². The third kappa shape index (κ3) is 5.55. The van der Waals surface area contributed by atoms with Crippen molar-refractivity contribution >= 4 is 29.6 Å². The first-order valence-electron chi connectivity index (χ1n) is 12.5. The van der Waals surface area contributed by atoms with E-state index in [1.54, 1.807) is 18.2 Å². The number of nitrogens with one attached hydrogen (secondary N) is 2. The summed E-state index contributed by atoms with van der Waals surface area (Å²) in [4.78, 5) is 53.2. The maximum Gasteiger partial charge on any atom is 0.418 e. The van der Waals surface area contributed by atoms with Gasteiger partial charge < -0.3 is 20.3 Å². The van der Waals surface area contributed by atoms with Crippen molar-refractivity contribution in [1.29, 1.82) is 0 Å². The largest absolute Gasteiger partial charge is 0.427 e. The lowest BCUT2D eigenvalue weighted by Crippen LogP contribution is -2.45.